The number of likely N-dealkylation sites (N-methyl/N-ethyl adjacent to an activating group) is 1. The normalized spacial score (nSPS) is 27.8. The van der Waals surface area contributed by atoms with Crippen molar-refractivity contribution in [2.24, 2.45) is 10.5 Å². The highest BCUT2D eigenvalue weighted by Crippen LogP contribution is 2.47. The number of benzene rings is 1. The maximum atomic E-state index is 12.0. The minimum Gasteiger partial charge on any atom is -0.435 e. The van der Waals surface area contributed by atoms with Gasteiger partial charge in [0.25, 0.3) is 0 Å². The molecular weight excluding hydrogens is 466 g/mol. The number of hydrazone groups is 1. The van der Waals surface area contributed by atoms with Crippen LogP contribution in [-0.4, -0.2) is 42.2 Å². The second kappa shape index (κ2) is 9.06. The quantitative estimate of drug-likeness (QED) is 0.554. The number of rotatable bonds is 4. The monoisotopic (exact) mass is 492 g/mol. The summed E-state index contributed by atoms with van der Waals surface area (Å²) in [6.07, 6.45) is 0.980. The molecule has 31 heavy (non-hydrogen) atoms. The number of amides is 3. The van der Waals surface area contributed by atoms with E-state index in [2.05, 4.69) is 37.8 Å². The Hall–Kier alpha value is -2.93. The van der Waals surface area contributed by atoms with Crippen molar-refractivity contribution in [2.75, 3.05) is 6.98 Å². The second-order valence-electron chi connectivity index (χ2n) is 7.86. The summed E-state index contributed by atoms with van der Waals surface area (Å²) in [7, 11) is 0. The molecule has 9 nitrogen and oxygen atoms in total. The van der Waals surface area contributed by atoms with Gasteiger partial charge in [0, 0.05) is 27.2 Å². The zero-order valence-corrected chi connectivity index (χ0v) is 18.4. The molecular formula is C21H24BrN5O4. The highest BCUT2D eigenvalue weighted by atomic mass is 79.9. The van der Waals surface area contributed by atoms with Crippen LogP contribution in [0.15, 0.2) is 33.8 Å². The van der Waals surface area contributed by atoms with Gasteiger partial charge in [-0.25, -0.2) is 10.2 Å². The molecule has 1 fully saturated rings. The Morgan fingerprint density at radius 3 is 2.71 bits per heavy atom. The van der Waals surface area contributed by atoms with E-state index >= 15 is 0 Å². The first-order valence-corrected chi connectivity index (χ1v) is 10.5. The van der Waals surface area contributed by atoms with Crippen LogP contribution in [0.25, 0.3) is 0 Å². The highest BCUT2D eigenvalue weighted by molar-refractivity contribution is 9.10. The molecule has 1 aromatic rings. The lowest BCUT2D eigenvalue weighted by Crippen LogP contribution is -2.54. The van der Waals surface area contributed by atoms with E-state index in [0.717, 1.165) is 10.0 Å². The molecule has 1 aliphatic carbocycles. The lowest BCUT2D eigenvalue weighted by atomic mass is 9.65. The molecule has 3 amide bonds. The van der Waals surface area contributed by atoms with Gasteiger partial charge in [0.05, 0.1) is 11.5 Å². The molecule has 0 radical (unpaired) electrons. The van der Waals surface area contributed by atoms with Crippen molar-refractivity contribution in [1.82, 2.24) is 16.1 Å². The van der Waals surface area contributed by atoms with E-state index in [4.69, 9.17) is 8.85 Å². The van der Waals surface area contributed by atoms with Gasteiger partial charge in [-0.15, -0.1) is 0 Å². The molecule has 0 saturated heterocycles. The van der Waals surface area contributed by atoms with E-state index in [1.807, 2.05) is 24.3 Å². The van der Waals surface area contributed by atoms with E-state index < -0.39 is 41.9 Å². The summed E-state index contributed by atoms with van der Waals surface area (Å²) in [5.41, 5.74) is 1.86. The first-order valence-electron chi connectivity index (χ1n) is 11.2. The molecule has 3 rings (SSSR count). The van der Waals surface area contributed by atoms with E-state index in [0.29, 0.717) is 31.4 Å². The van der Waals surface area contributed by atoms with Crippen LogP contribution in [0.2, 0.25) is 0 Å². The van der Waals surface area contributed by atoms with Crippen LogP contribution in [0.1, 0.15) is 48.7 Å². The largest absolute Gasteiger partial charge is 0.435 e. The molecule has 2 aliphatic rings. The second-order valence-corrected chi connectivity index (χ2v) is 8.72. The number of ether oxygens (including phenoxy) is 1. The van der Waals surface area contributed by atoms with E-state index in [9.17, 15) is 19.6 Å². The summed E-state index contributed by atoms with van der Waals surface area (Å²) in [5, 5.41) is 18.3. The van der Waals surface area contributed by atoms with Crippen molar-refractivity contribution < 1.29 is 23.2 Å². The molecule has 1 spiro atoms. The number of nitrogens with one attached hydrogen (secondary N) is 3. The van der Waals surface area contributed by atoms with Gasteiger partial charge in [0.2, 0.25) is 0 Å². The average Bonchev–Trinajstić information content (AvgIpc) is 2.75. The molecule has 1 aromatic carbocycles. The minimum atomic E-state index is -2.78. The number of nitrogens with zero attached hydrogens (tertiary/aromatic N) is 2. The maximum Gasteiger partial charge on any atom is 0.428 e. The Kier molecular flexibility index (Phi) is 5.50. The number of hydrogen-bond donors (Lipinski definition) is 3. The minimum absolute atomic E-state index is 0.236. The van der Waals surface area contributed by atoms with Gasteiger partial charge < -0.3 is 15.4 Å². The van der Waals surface area contributed by atoms with Crippen LogP contribution in [0.3, 0.4) is 0 Å². The lowest BCUT2D eigenvalue weighted by Gasteiger charge is -2.45. The van der Waals surface area contributed by atoms with Crippen LogP contribution < -0.4 is 16.1 Å². The van der Waals surface area contributed by atoms with Crippen LogP contribution in [-0.2, 0) is 14.3 Å². The molecule has 1 atom stereocenters. The number of hydrogen-bond acceptors (Lipinski definition) is 6. The fraction of sp³-hybridized carbons (Fsp3) is 0.476. The zero-order chi connectivity index (χ0) is 25.1. The third kappa shape index (κ3) is 4.71. The molecule has 164 valence electrons. The summed E-state index contributed by atoms with van der Waals surface area (Å²) < 4.78 is 27.6. The zero-order valence-electron chi connectivity index (χ0n) is 19.8. The molecule has 0 bridgehead atoms. The molecule has 10 heteroatoms. The predicted molar refractivity (Wildman–Crippen MR) is 116 cm³/mol. The van der Waals surface area contributed by atoms with Gasteiger partial charge in [-0.3, -0.25) is 9.59 Å². The number of halogens is 1. The standard InChI is InChI=1S/C21H24BrN5O4/c1-13(25-18(29)17(28)24-2)11-20(12-23)7-9-21(10-8-20)16(26-27-19(30)31-21)14-5-3-4-6-15(14)22/h3-6,13H,7-11H2,1-2H3,(H,24,28)(H,25,29)(H,27,30)/t13-,20?,21?/m0/s1/i2D3. The third-order valence-corrected chi connectivity index (χ3v) is 6.45. The Bertz CT molecular complexity index is 1060. The van der Waals surface area contributed by atoms with Crippen LogP contribution in [0, 0.1) is 16.7 Å². The Balaban J connectivity index is 1.72. The number of carbonyl (C=O) groups is 3. The first-order chi connectivity index (χ1) is 15.9. The van der Waals surface area contributed by atoms with E-state index in [1.165, 1.54) is 0 Å². The van der Waals surface area contributed by atoms with E-state index in [1.54, 1.807) is 12.2 Å². The number of nitriles is 1. The van der Waals surface area contributed by atoms with Gasteiger partial charge in [-0.05, 0) is 45.1 Å². The average molecular weight is 493 g/mol. The summed E-state index contributed by atoms with van der Waals surface area (Å²) >= 11 is 3.51. The van der Waals surface area contributed by atoms with Crippen molar-refractivity contribution in [2.45, 2.75) is 50.7 Å². The molecule has 1 heterocycles. The SMILES string of the molecule is [2H]C([2H])([2H])NC(=O)C(=O)N[C@@H](C)CC1(C#N)CCC2(CC1)OC(=O)NN=C2c1ccccc1Br. The molecule has 0 aromatic heterocycles. The fourth-order valence-corrected chi connectivity index (χ4v) is 4.70. The Morgan fingerprint density at radius 1 is 1.35 bits per heavy atom. The highest BCUT2D eigenvalue weighted by Gasteiger charge is 2.51. The van der Waals surface area contributed by atoms with Crippen molar-refractivity contribution in [3.63, 3.8) is 0 Å². The smallest absolute Gasteiger partial charge is 0.428 e. The molecule has 3 N–H and O–H groups in total. The van der Waals surface area contributed by atoms with Gasteiger partial charge in [-0.2, -0.15) is 10.4 Å². The first kappa shape index (κ1) is 18.8. The third-order valence-electron chi connectivity index (χ3n) is 5.75. The van der Waals surface area contributed by atoms with Crippen LogP contribution in [0.4, 0.5) is 4.79 Å². The van der Waals surface area contributed by atoms with Crippen molar-refractivity contribution in [1.29, 1.82) is 5.26 Å². The summed E-state index contributed by atoms with van der Waals surface area (Å²) in [6, 6.07) is 9.20. The van der Waals surface area contributed by atoms with Crippen LogP contribution >= 0.6 is 15.9 Å². The van der Waals surface area contributed by atoms with Gasteiger partial charge in [0.1, 0.15) is 5.71 Å². The Morgan fingerprint density at radius 2 is 2.06 bits per heavy atom. The Labute approximate surface area is 192 Å². The van der Waals surface area contributed by atoms with Gasteiger partial charge >= 0.3 is 17.9 Å². The van der Waals surface area contributed by atoms with Gasteiger partial charge in [0.15, 0.2) is 5.60 Å². The predicted octanol–water partition coefficient (Wildman–Crippen LogP) is 2.36. The maximum absolute atomic E-state index is 12.0. The summed E-state index contributed by atoms with van der Waals surface area (Å²) in [5.74, 6) is -2.35. The topological polar surface area (TPSA) is 133 Å². The van der Waals surface area contributed by atoms with Crippen molar-refractivity contribution in [3.8, 4) is 6.07 Å². The van der Waals surface area contributed by atoms with Crippen molar-refractivity contribution in [3.05, 3.63) is 34.3 Å². The summed E-state index contributed by atoms with van der Waals surface area (Å²) in [4.78, 5) is 35.8. The van der Waals surface area contributed by atoms with Crippen LogP contribution in [0.5, 0.6) is 0 Å². The van der Waals surface area contributed by atoms with Gasteiger partial charge in [-0.1, -0.05) is 34.1 Å². The lowest BCUT2D eigenvalue weighted by molar-refractivity contribution is -0.139. The summed E-state index contributed by atoms with van der Waals surface area (Å²) in [6.45, 7) is -1.13. The fourth-order valence-electron chi connectivity index (χ4n) is 4.23. The molecule has 1 saturated carbocycles. The van der Waals surface area contributed by atoms with Crippen molar-refractivity contribution >= 4 is 39.5 Å². The molecule has 1 aliphatic heterocycles. The number of carbonyl (C=O) groups excluding carboxylic acids is 3. The molecule has 0 unspecified atom stereocenters. The van der Waals surface area contributed by atoms with E-state index in [-0.39, 0.29) is 6.42 Å².